The van der Waals surface area contributed by atoms with E-state index < -0.39 is 0 Å². The number of piperazine rings is 1. The van der Waals surface area contributed by atoms with Crippen molar-refractivity contribution in [2.45, 2.75) is 20.4 Å². The molecule has 3 aromatic rings. The second kappa shape index (κ2) is 9.45. The highest BCUT2D eigenvalue weighted by Gasteiger charge is 2.18. The van der Waals surface area contributed by atoms with Crippen LogP contribution in [0.3, 0.4) is 0 Å². The summed E-state index contributed by atoms with van der Waals surface area (Å²) in [5.41, 5.74) is 2.48. The van der Waals surface area contributed by atoms with Crippen LogP contribution in [0.4, 0.5) is 5.82 Å². The van der Waals surface area contributed by atoms with E-state index in [2.05, 4.69) is 37.2 Å². The minimum absolute atomic E-state index is 0.273. The van der Waals surface area contributed by atoms with Crippen molar-refractivity contribution in [2.24, 2.45) is 0 Å². The van der Waals surface area contributed by atoms with Crippen LogP contribution in [-0.2, 0) is 6.54 Å². The molecule has 0 spiro atoms. The van der Waals surface area contributed by atoms with Gasteiger partial charge in [-0.1, -0.05) is 30.7 Å². The Kier molecular flexibility index (Phi) is 6.48. The summed E-state index contributed by atoms with van der Waals surface area (Å²) in [7, 11) is 0. The molecule has 0 saturated carbocycles. The first-order valence-corrected chi connectivity index (χ1v) is 10.8. The number of pyridine rings is 1. The van der Waals surface area contributed by atoms with Crippen LogP contribution in [0.15, 0.2) is 42.6 Å². The van der Waals surface area contributed by atoms with Crippen molar-refractivity contribution in [3.8, 4) is 5.69 Å². The topological polar surface area (TPSA) is 79.2 Å². The van der Waals surface area contributed by atoms with Gasteiger partial charge in [0.05, 0.1) is 11.4 Å². The first kappa shape index (κ1) is 21.3. The molecule has 0 aliphatic carbocycles. The van der Waals surface area contributed by atoms with Gasteiger partial charge in [-0.3, -0.25) is 4.79 Å². The molecule has 31 heavy (non-hydrogen) atoms. The number of nitrogens with zero attached hydrogens (tertiary/aromatic N) is 6. The number of halogens is 1. The monoisotopic (exact) mass is 439 g/mol. The number of carbonyl (C=O) groups excluding carboxylic acids is 1. The molecule has 1 N–H and O–H groups in total. The van der Waals surface area contributed by atoms with E-state index in [1.807, 2.05) is 30.5 Å². The van der Waals surface area contributed by atoms with Gasteiger partial charge in [-0.2, -0.15) is 9.90 Å². The fourth-order valence-corrected chi connectivity index (χ4v) is 3.76. The highest BCUT2D eigenvalue weighted by Crippen LogP contribution is 2.16. The number of rotatable bonds is 6. The van der Waals surface area contributed by atoms with E-state index in [0.717, 1.165) is 44.1 Å². The molecule has 0 radical (unpaired) electrons. The quantitative estimate of drug-likeness (QED) is 0.636. The predicted molar refractivity (Wildman–Crippen MR) is 121 cm³/mol. The third kappa shape index (κ3) is 5.03. The molecule has 1 aliphatic rings. The van der Waals surface area contributed by atoms with E-state index in [4.69, 9.17) is 11.6 Å². The second-order valence-corrected chi connectivity index (χ2v) is 7.97. The van der Waals surface area contributed by atoms with Gasteiger partial charge in [-0.25, -0.2) is 4.98 Å². The molecule has 8 nitrogen and oxygen atoms in total. The zero-order valence-corrected chi connectivity index (χ0v) is 18.5. The molecule has 1 aromatic carbocycles. The van der Waals surface area contributed by atoms with Crippen molar-refractivity contribution in [3.05, 3.63) is 64.6 Å². The van der Waals surface area contributed by atoms with E-state index >= 15 is 0 Å². The number of anilines is 1. The molecule has 0 atom stereocenters. The van der Waals surface area contributed by atoms with E-state index in [1.165, 1.54) is 4.80 Å². The van der Waals surface area contributed by atoms with Crippen LogP contribution in [0, 0.1) is 6.92 Å². The maximum absolute atomic E-state index is 12.6. The van der Waals surface area contributed by atoms with Crippen molar-refractivity contribution < 1.29 is 4.79 Å². The van der Waals surface area contributed by atoms with Crippen LogP contribution in [0.5, 0.6) is 0 Å². The average molecular weight is 440 g/mol. The second-order valence-electron chi connectivity index (χ2n) is 7.53. The number of hydrogen-bond donors (Lipinski definition) is 1. The lowest BCUT2D eigenvalue weighted by Gasteiger charge is -2.34. The molecular weight excluding hydrogens is 414 g/mol. The number of aromatic nitrogens is 4. The Bertz CT molecular complexity index is 1040. The fraction of sp³-hybridized carbons (Fsp3) is 0.364. The van der Waals surface area contributed by atoms with Crippen molar-refractivity contribution >= 4 is 23.3 Å². The molecule has 1 fully saturated rings. The number of likely N-dealkylation sites (N-methyl/N-ethyl adjacent to an activating group) is 1. The largest absolute Gasteiger partial charge is 0.354 e. The molecule has 1 amide bonds. The van der Waals surface area contributed by atoms with Gasteiger partial charge in [0, 0.05) is 43.9 Å². The molecule has 162 valence electrons. The maximum atomic E-state index is 12.6. The highest BCUT2D eigenvalue weighted by atomic mass is 35.5. The van der Waals surface area contributed by atoms with E-state index in [9.17, 15) is 4.79 Å². The Morgan fingerprint density at radius 1 is 1.13 bits per heavy atom. The Morgan fingerprint density at radius 3 is 2.61 bits per heavy atom. The Morgan fingerprint density at radius 2 is 1.94 bits per heavy atom. The van der Waals surface area contributed by atoms with E-state index in [-0.39, 0.29) is 5.91 Å². The summed E-state index contributed by atoms with van der Waals surface area (Å²) in [6.07, 6.45) is 1.82. The van der Waals surface area contributed by atoms with Gasteiger partial charge < -0.3 is 15.1 Å². The standard InChI is InChI=1S/C22H26ClN7O/c1-3-28-9-11-29(12-10-28)20-8-7-17(14-24-20)15-25-22(31)21-16(2)26-30(27-21)19-6-4-5-18(23)13-19/h4-8,13-14H,3,9-12,15H2,1-2H3,(H,25,31). The van der Waals surface area contributed by atoms with Crippen LogP contribution >= 0.6 is 11.6 Å². The van der Waals surface area contributed by atoms with Crippen molar-refractivity contribution in [2.75, 3.05) is 37.6 Å². The van der Waals surface area contributed by atoms with E-state index in [1.54, 1.807) is 19.1 Å². The van der Waals surface area contributed by atoms with Gasteiger partial charge in [0.25, 0.3) is 5.91 Å². The summed E-state index contributed by atoms with van der Waals surface area (Å²) >= 11 is 6.04. The Labute approximate surface area is 186 Å². The summed E-state index contributed by atoms with van der Waals surface area (Å²) in [5.74, 6) is 0.705. The van der Waals surface area contributed by atoms with E-state index in [0.29, 0.717) is 28.6 Å². The third-order valence-corrected chi connectivity index (χ3v) is 5.68. The van der Waals surface area contributed by atoms with Crippen LogP contribution < -0.4 is 10.2 Å². The number of nitrogens with one attached hydrogen (secondary N) is 1. The van der Waals surface area contributed by atoms with Crippen molar-refractivity contribution in [3.63, 3.8) is 0 Å². The van der Waals surface area contributed by atoms with Crippen LogP contribution in [0.1, 0.15) is 28.7 Å². The predicted octanol–water partition coefficient (Wildman–Crippen LogP) is 2.70. The molecule has 1 saturated heterocycles. The molecule has 3 heterocycles. The summed E-state index contributed by atoms with van der Waals surface area (Å²) in [6, 6.07) is 11.2. The number of benzene rings is 1. The Hall–Kier alpha value is -2.97. The SMILES string of the molecule is CCN1CCN(c2ccc(CNC(=O)c3nn(-c4cccc(Cl)c4)nc3C)cn2)CC1. The normalized spacial score (nSPS) is 14.6. The van der Waals surface area contributed by atoms with Gasteiger partial charge in [0.2, 0.25) is 0 Å². The van der Waals surface area contributed by atoms with Gasteiger partial charge in [-0.05, 0) is 43.3 Å². The zero-order chi connectivity index (χ0) is 21.8. The maximum Gasteiger partial charge on any atom is 0.274 e. The minimum Gasteiger partial charge on any atom is -0.354 e. The number of aryl methyl sites for hydroxylation is 1. The lowest BCUT2D eigenvalue weighted by atomic mass is 10.2. The first-order valence-electron chi connectivity index (χ1n) is 10.4. The number of amides is 1. The molecule has 1 aliphatic heterocycles. The lowest BCUT2D eigenvalue weighted by Crippen LogP contribution is -2.46. The summed E-state index contributed by atoms with van der Waals surface area (Å²) in [4.78, 5) is 23.4. The lowest BCUT2D eigenvalue weighted by molar-refractivity contribution is 0.0945. The molecule has 2 aromatic heterocycles. The molecule has 9 heteroatoms. The fourth-order valence-electron chi connectivity index (χ4n) is 3.57. The average Bonchev–Trinajstić information content (AvgIpc) is 3.20. The molecule has 4 rings (SSSR count). The van der Waals surface area contributed by atoms with Crippen molar-refractivity contribution in [1.82, 2.24) is 30.2 Å². The first-order chi connectivity index (χ1) is 15.0. The summed E-state index contributed by atoms with van der Waals surface area (Å²) in [5, 5.41) is 12.2. The molecule has 0 bridgehead atoms. The van der Waals surface area contributed by atoms with Crippen LogP contribution in [-0.4, -0.2) is 63.5 Å². The van der Waals surface area contributed by atoms with Crippen LogP contribution in [0.25, 0.3) is 5.69 Å². The molecule has 0 unspecified atom stereocenters. The van der Waals surface area contributed by atoms with Gasteiger partial charge in [0.15, 0.2) is 5.69 Å². The third-order valence-electron chi connectivity index (χ3n) is 5.44. The van der Waals surface area contributed by atoms with Crippen molar-refractivity contribution in [1.29, 1.82) is 0 Å². The smallest absolute Gasteiger partial charge is 0.274 e. The van der Waals surface area contributed by atoms with Gasteiger partial charge >= 0.3 is 0 Å². The number of carbonyl (C=O) groups is 1. The van der Waals surface area contributed by atoms with Gasteiger partial charge in [-0.15, -0.1) is 5.10 Å². The van der Waals surface area contributed by atoms with Crippen LogP contribution in [0.2, 0.25) is 5.02 Å². The minimum atomic E-state index is -0.273. The molecular formula is C22H26ClN7O. The summed E-state index contributed by atoms with van der Waals surface area (Å²) < 4.78 is 0. The highest BCUT2D eigenvalue weighted by molar-refractivity contribution is 6.30. The number of hydrogen-bond acceptors (Lipinski definition) is 6. The summed E-state index contributed by atoms with van der Waals surface area (Å²) in [6.45, 7) is 9.51. The Balaban J connectivity index is 1.36. The zero-order valence-electron chi connectivity index (χ0n) is 17.8. The van der Waals surface area contributed by atoms with Gasteiger partial charge in [0.1, 0.15) is 5.82 Å².